The number of aliphatic imine (C=N–C) groups is 1. The highest BCUT2D eigenvalue weighted by Gasteiger charge is 2.45. The molecule has 0 aromatic heterocycles. The standard InChI is InChI=1S/C17H24F3N3O.HI/c1-2-24-10-4-9-22-15(21)23-12-16(7-8-16)13-5-3-6-14(11-13)17(18,19)20;/h3,5-6,11H,2,4,7-10,12H2,1H3,(H3,21,22,23);1H. The summed E-state index contributed by atoms with van der Waals surface area (Å²) in [5.41, 5.74) is 5.58. The second kappa shape index (κ2) is 9.61. The van der Waals surface area contributed by atoms with Crippen LogP contribution in [0.5, 0.6) is 0 Å². The number of nitrogens with zero attached hydrogens (tertiary/aromatic N) is 1. The third-order valence-corrected chi connectivity index (χ3v) is 4.18. The maximum absolute atomic E-state index is 12.9. The SMILES string of the molecule is CCOCCCNC(N)=NCC1(c2cccc(C(F)(F)F)c2)CC1.I. The van der Waals surface area contributed by atoms with Crippen LogP contribution in [0.2, 0.25) is 0 Å². The smallest absolute Gasteiger partial charge is 0.382 e. The van der Waals surface area contributed by atoms with Crippen molar-refractivity contribution in [2.75, 3.05) is 26.3 Å². The van der Waals surface area contributed by atoms with Crippen molar-refractivity contribution in [2.45, 2.75) is 37.8 Å². The first-order valence-corrected chi connectivity index (χ1v) is 8.17. The van der Waals surface area contributed by atoms with Gasteiger partial charge >= 0.3 is 6.18 Å². The van der Waals surface area contributed by atoms with Crippen LogP contribution in [0.25, 0.3) is 0 Å². The minimum absolute atomic E-state index is 0. The molecule has 1 saturated carbocycles. The van der Waals surface area contributed by atoms with Crippen LogP contribution >= 0.6 is 24.0 Å². The van der Waals surface area contributed by atoms with E-state index in [1.54, 1.807) is 6.07 Å². The molecule has 25 heavy (non-hydrogen) atoms. The highest BCUT2D eigenvalue weighted by molar-refractivity contribution is 14.0. The number of hydrogen-bond donors (Lipinski definition) is 2. The Morgan fingerprint density at radius 3 is 2.68 bits per heavy atom. The minimum atomic E-state index is -4.32. The molecule has 4 nitrogen and oxygen atoms in total. The third kappa shape index (κ3) is 6.65. The van der Waals surface area contributed by atoms with Gasteiger partial charge in [0.05, 0.1) is 12.1 Å². The van der Waals surface area contributed by atoms with Crippen LogP contribution in [0.3, 0.4) is 0 Å². The Balaban J connectivity index is 0.00000312. The monoisotopic (exact) mass is 471 g/mol. The third-order valence-electron chi connectivity index (χ3n) is 4.18. The van der Waals surface area contributed by atoms with Crippen LogP contribution in [-0.4, -0.2) is 32.3 Å². The molecule has 3 N–H and O–H groups in total. The molecule has 0 aliphatic heterocycles. The van der Waals surface area contributed by atoms with E-state index in [0.717, 1.165) is 25.3 Å². The Hall–Kier alpha value is -1.03. The average molecular weight is 471 g/mol. The summed E-state index contributed by atoms with van der Waals surface area (Å²) in [4.78, 5) is 4.31. The normalized spacial score (nSPS) is 16.2. The molecule has 0 bridgehead atoms. The summed E-state index contributed by atoms with van der Waals surface area (Å²) in [6.07, 6.45) is -1.84. The van der Waals surface area contributed by atoms with Gasteiger partial charge in [0, 0.05) is 25.2 Å². The zero-order valence-corrected chi connectivity index (χ0v) is 16.6. The molecule has 1 aromatic carbocycles. The molecule has 0 radical (unpaired) electrons. The second-order valence-electron chi connectivity index (χ2n) is 6.04. The summed E-state index contributed by atoms with van der Waals surface area (Å²) >= 11 is 0. The van der Waals surface area contributed by atoms with Gasteiger partial charge in [0.2, 0.25) is 0 Å². The average Bonchev–Trinajstić information content (AvgIpc) is 3.33. The molecule has 1 aliphatic rings. The maximum atomic E-state index is 12.9. The van der Waals surface area contributed by atoms with Gasteiger partial charge < -0.3 is 15.8 Å². The second-order valence-corrected chi connectivity index (χ2v) is 6.04. The summed E-state index contributed by atoms with van der Waals surface area (Å²) in [6, 6.07) is 5.52. The van der Waals surface area contributed by atoms with E-state index in [2.05, 4.69) is 10.3 Å². The van der Waals surface area contributed by atoms with E-state index in [4.69, 9.17) is 10.5 Å². The summed E-state index contributed by atoms with van der Waals surface area (Å²) in [7, 11) is 0. The van der Waals surface area contributed by atoms with E-state index in [1.165, 1.54) is 12.1 Å². The number of guanidine groups is 1. The highest BCUT2D eigenvalue weighted by Crippen LogP contribution is 2.49. The molecule has 0 atom stereocenters. The Morgan fingerprint density at radius 1 is 1.36 bits per heavy atom. The number of hydrogen-bond acceptors (Lipinski definition) is 2. The predicted molar refractivity (Wildman–Crippen MR) is 103 cm³/mol. The van der Waals surface area contributed by atoms with Crippen molar-refractivity contribution >= 4 is 29.9 Å². The van der Waals surface area contributed by atoms with Crippen LogP contribution in [0.4, 0.5) is 13.2 Å². The minimum Gasteiger partial charge on any atom is -0.382 e. The van der Waals surface area contributed by atoms with Crippen LogP contribution in [0.1, 0.15) is 37.3 Å². The molecule has 0 saturated heterocycles. The van der Waals surface area contributed by atoms with Gasteiger partial charge in [-0.05, 0) is 37.8 Å². The van der Waals surface area contributed by atoms with Crippen molar-refractivity contribution in [3.63, 3.8) is 0 Å². The van der Waals surface area contributed by atoms with Crippen molar-refractivity contribution < 1.29 is 17.9 Å². The van der Waals surface area contributed by atoms with E-state index < -0.39 is 11.7 Å². The molecular formula is C17H25F3IN3O. The van der Waals surface area contributed by atoms with Crippen molar-refractivity contribution in [1.29, 1.82) is 0 Å². The van der Waals surface area contributed by atoms with Gasteiger partial charge in [-0.3, -0.25) is 4.99 Å². The molecule has 0 amide bonds. The highest BCUT2D eigenvalue weighted by atomic mass is 127. The van der Waals surface area contributed by atoms with Gasteiger partial charge in [-0.15, -0.1) is 24.0 Å². The van der Waals surface area contributed by atoms with Gasteiger partial charge in [0.25, 0.3) is 0 Å². The first-order valence-electron chi connectivity index (χ1n) is 8.17. The molecule has 8 heteroatoms. The lowest BCUT2D eigenvalue weighted by molar-refractivity contribution is -0.137. The fourth-order valence-electron chi connectivity index (χ4n) is 2.54. The predicted octanol–water partition coefficient (Wildman–Crippen LogP) is 3.69. The summed E-state index contributed by atoms with van der Waals surface area (Å²) < 4.78 is 43.8. The fourth-order valence-corrected chi connectivity index (χ4v) is 2.54. The zero-order valence-electron chi connectivity index (χ0n) is 14.2. The maximum Gasteiger partial charge on any atom is 0.416 e. The largest absolute Gasteiger partial charge is 0.416 e. The molecule has 0 unspecified atom stereocenters. The van der Waals surface area contributed by atoms with Crippen LogP contribution in [-0.2, 0) is 16.3 Å². The molecule has 1 fully saturated rings. The van der Waals surface area contributed by atoms with Crippen LogP contribution in [0, 0.1) is 0 Å². The first-order chi connectivity index (χ1) is 11.4. The lowest BCUT2D eigenvalue weighted by Crippen LogP contribution is -2.33. The molecule has 0 heterocycles. The zero-order chi connectivity index (χ0) is 17.6. The van der Waals surface area contributed by atoms with Crippen molar-refractivity contribution in [2.24, 2.45) is 10.7 Å². The topological polar surface area (TPSA) is 59.6 Å². The van der Waals surface area contributed by atoms with E-state index in [9.17, 15) is 13.2 Å². The Kier molecular flexibility index (Phi) is 8.46. The van der Waals surface area contributed by atoms with Gasteiger partial charge in [-0.2, -0.15) is 13.2 Å². The number of rotatable bonds is 8. The van der Waals surface area contributed by atoms with Crippen LogP contribution in [0.15, 0.2) is 29.3 Å². The Bertz CT molecular complexity index is 575. The van der Waals surface area contributed by atoms with E-state index in [1.807, 2.05) is 6.92 Å². The number of nitrogens with two attached hydrogens (primary N) is 1. The molecule has 1 aliphatic carbocycles. The molecular weight excluding hydrogens is 446 g/mol. The number of halogens is 4. The van der Waals surface area contributed by atoms with Gasteiger partial charge in [0.1, 0.15) is 0 Å². The Labute approximate surface area is 163 Å². The summed E-state index contributed by atoms with van der Waals surface area (Å²) in [5.74, 6) is 0.324. The van der Waals surface area contributed by atoms with Crippen molar-refractivity contribution in [3.8, 4) is 0 Å². The number of ether oxygens (including phenoxy) is 1. The molecule has 1 aromatic rings. The quantitative estimate of drug-likeness (QED) is 0.263. The van der Waals surface area contributed by atoms with E-state index in [-0.39, 0.29) is 29.4 Å². The molecule has 0 spiro atoms. The van der Waals surface area contributed by atoms with Crippen LogP contribution < -0.4 is 11.1 Å². The molecule has 2 rings (SSSR count). The van der Waals surface area contributed by atoms with Crippen molar-refractivity contribution in [1.82, 2.24) is 5.32 Å². The van der Waals surface area contributed by atoms with Gasteiger partial charge in [0.15, 0.2) is 5.96 Å². The number of alkyl halides is 3. The summed E-state index contributed by atoms with van der Waals surface area (Å²) in [6.45, 7) is 4.34. The van der Waals surface area contributed by atoms with E-state index >= 15 is 0 Å². The lowest BCUT2D eigenvalue weighted by atomic mass is 9.94. The van der Waals surface area contributed by atoms with Gasteiger partial charge in [-0.25, -0.2) is 0 Å². The van der Waals surface area contributed by atoms with Crippen molar-refractivity contribution in [3.05, 3.63) is 35.4 Å². The summed E-state index contributed by atoms with van der Waals surface area (Å²) in [5, 5.41) is 3.00. The first kappa shape index (κ1) is 22.0. The molecule has 142 valence electrons. The van der Waals surface area contributed by atoms with E-state index in [0.29, 0.717) is 37.8 Å². The number of nitrogens with one attached hydrogen (secondary N) is 1. The lowest BCUT2D eigenvalue weighted by Gasteiger charge is -2.16. The van der Waals surface area contributed by atoms with Gasteiger partial charge in [-0.1, -0.05) is 18.2 Å². The fraction of sp³-hybridized carbons (Fsp3) is 0.588. The number of benzene rings is 1. The Morgan fingerprint density at radius 2 is 2.08 bits per heavy atom.